The van der Waals surface area contributed by atoms with E-state index in [4.69, 9.17) is 19.4 Å². The van der Waals surface area contributed by atoms with Crippen molar-refractivity contribution in [1.29, 1.82) is 0 Å². The van der Waals surface area contributed by atoms with Crippen LogP contribution in [-0.4, -0.2) is 64.8 Å². The summed E-state index contributed by atoms with van der Waals surface area (Å²) in [6.07, 6.45) is -4.66. The summed E-state index contributed by atoms with van der Waals surface area (Å²) in [6.45, 7) is 1.31. The highest BCUT2D eigenvalue weighted by molar-refractivity contribution is 7.70. The molecule has 0 amide bonds. The van der Waals surface area contributed by atoms with Gasteiger partial charge in [-0.3, -0.25) is 18.3 Å². The first-order chi connectivity index (χ1) is 16.4. The summed E-state index contributed by atoms with van der Waals surface area (Å²) in [4.78, 5) is 45.7. The predicted molar refractivity (Wildman–Crippen MR) is 120 cm³/mol. The molecular weight excluding hydrogens is 508 g/mol. The molecule has 5 atom stereocenters. The van der Waals surface area contributed by atoms with Gasteiger partial charge in [0.2, 0.25) is 0 Å². The van der Waals surface area contributed by atoms with Gasteiger partial charge < -0.3 is 39.0 Å². The molecule has 2 heterocycles. The van der Waals surface area contributed by atoms with E-state index < -0.39 is 57.9 Å². The third-order valence-corrected chi connectivity index (χ3v) is 8.53. The smallest absolute Gasteiger partial charge is 0.340 e. The van der Waals surface area contributed by atoms with Crippen molar-refractivity contribution in [2.45, 2.75) is 44.6 Å². The van der Waals surface area contributed by atoms with Crippen molar-refractivity contribution in [3.8, 4) is 0 Å². The van der Waals surface area contributed by atoms with Gasteiger partial charge in [0.1, 0.15) is 24.9 Å². The summed E-state index contributed by atoms with van der Waals surface area (Å²) < 4.78 is 35.2. The van der Waals surface area contributed by atoms with Crippen molar-refractivity contribution >= 4 is 15.2 Å². The zero-order chi connectivity index (χ0) is 25.8. The van der Waals surface area contributed by atoms with E-state index in [-0.39, 0.29) is 18.6 Å². The number of hydrogen-bond donors (Lipinski definition) is 5. The van der Waals surface area contributed by atoms with E-state index >= 15 is 0 Å². The molecule has 16 heteroatoms. The van der Waals surface area contributed by atoms with Crippen molar-refractivity contribution in [2.24, 2.45) is 5.16 Å². The number of rotatable bonds is 10. The molecule has 14 nitrogen and oxygen atoms in total. The lowest BCUT2D eigenvalue weighted by Crippen LogP contribution is -2.43. The van der Waals surface area contributed by atoms with Crippen molar-refractivity contribution in [3.05, 3.63) is 64.1 Å². The zero-order valence-electron chi connectivity index (χ0n) is 18.6. The Hall–Kier alpha value is -2.12. The topological polar surface area (TPSA) is 202 Å². The number of nitrogens with zero attached hydrogens (tertiary/aromatic N) is 3. The minimum Gasteiger partial charge on any atom is -0.389 e. The van der Waals surface area contributed by atoms with Gasteiger partial charge in [0, 0.05) is 18.8 Å². The molecule has 0 saturated carbocycles. The van der Waals surface area contributed by atoms with Crippen LogP contribution < -0.4 is 11.2 Å². The van der Waals surface area contributed by atoms with Crippen LogP contribution in [0.2, 0.25) is 0 Å². The summed E-state index contributed by atoms with van der Waals surface area (Å²) >= 11 is 0. The highest BCUT2D eigenvalue weighted by Crippen LogP contribution is 2.55. The molecule has 1 aliphatic rings. The fraction of sp³-hybridized carbons (Fsp3) is 0.474. The Balaban J connectivity index is 1.75. The normalized spacial score (nSPS) is 24.9. The van der Waals surface area contributed by atoms with Gasteiger partial charge in [-0.2, -0.15) is 0 Å². The first-order valence-corrected chi connectivity index (χ1v) is 14.0. The fourth-order valence-corrected chi connectivity index (χ4v) is 5.99. The Labute approximate surface area is 199 Å². The number of ether oxygens (including phenoxy) is 1. The first kappa shape index (κ1) is 27.5. The van der Waals surface area contributed by atoms with Crippen molar-refractivity contribution in [3.63, 3.8) is 0 Å². The summed E-state index contributed by atoms with van der Waals surface area (Å²) in [5.41, 5.74) is 0.450. The van der Waals surface area contributed by atoms with Crippen LogP contribution in [0.15, 0.2) is 52.5 Å². The van der Waals surface area contributed by atoms with Gasteiger partial charge in [-0.25, -0.2) is 4.79 Å². The number of aliphatic hydroxyl groups is 2. The van der Waals surface area contributed by atoms with E-state index in [1.54, 1.807) is 6.92 Å². The van der Waals surface area contributed by atoms with E-state index in [9.17, 15) is 29.0 Å². The van der Waals surface area contributed by atoms with Crippen molar-refractivity contribution < 1.29 is 48.1 Å². The minimum absolute atomic E-state index is 0.183. The molecule has 5 N–H and O–H groups in total. The van der Waals surface area contributed by atoms with Gasteiger partial charge in [-0.1, -0.05) is 35.5 Å². The average molecular weight is 535 g/mol. The Morgan fingerprint density at radius 2 is 1.77 bits per heavy atom. The standard InChI is InChI=1S/C19H27N3O11P2/c1-2-21-15(20-31-10-13-6-4-3-5-7-13)8-9-22(19(21)25)18-17(24)16(23)14(33-18)11-32-35(29,30)12-34(26,27)28/h3-9,14,16-18,23-24H,2,10-12H2,1H3,(H,29,30)(H2,26,27,28)/b20-15-/t14-,16?,17?,18-/m1/s1. The van der Waals surface area contributed by atoms with Gasteiger partial charge in [-0.15, -0.1) is 0 Å². The van der Waals surface area contributed by atoms with Gasteiger partial charge in [0.25, 0.3) is 0 Å². The van der Waals surface area contributed by atoms with Crippen LogP contribution in [0.5, 0.6) is 0 Å². The molecule has 3 unspecified atom stereocenters. The van der Waals surface area contributed by atoms with E-state index in [1.165, 1.54) is 16.8 Å². The highest BCUT2D eigenvalue weighted by Gasteiger charge is 2.45. The summed E-state index contributed by atoms with van der Waals surface area (Å²) in [5.74, 6) is -1.41. The van der Waals surface area contributed by atoms with Gasteiger partial charge >= 0.3 is 20.9 Å². The van der Waals surface area contributed by atoms with Crippen LogP contribution in [0.25, 0.3) is 0 Å². The third kappa shape index (κ3) is 7.20. The molecule has 2 aromatic rings. The van der Waals surface area contributed by atoms with Crippen molar-refractivity contribution in [1.82, 2.24) is 9.13 Å². The SMILES string of the molecule is CCn1c(=O)n([C@@H]2O[C@H](COP(=O)(O)CP(=O)(O)O)C(O)C2O)cc/c1=N/OCc1ccccc1. The third-order valence-electron chi connectivity index (χ3n) is 5.08. The Kier molecular flexibility index (Phi) is 8.86. The van der Waals surface area contributed by atoms with Crippen LogP contribution in [-0.2, 0) is 36.4 Å². The average Bonchev–Trinajstić information content (AvgIpc) is 3.06. The maximum Gasteiger partial charge on any atom is 0.340 e. The second-order valence-electron chi connectivity index (χ2n) is 7.74. The summed E-state index contributed by atoms with van der Waals surface area (Å²) in [5, 5.41) is 24.7. The maximum absolute atomic E-state index is 13.0. The highest BCUT2D eigenvalue weighted by atomic mass is 31.2. The molecule has 194 valence electrons. The molecule has 1 aliphatic heterocycles. The van der Waals surface area contributed by atoms with Crippen LogP contribution in [0.3, 0.4) is 0 Å². The molecule has 0 spiro atoms. The second kappa shape index (κ2) is 11.3. The molecule has 0 aliphatic carbocycles. The Morgan fingerprint density at radius 1 is 1.09 bits per heavy atom. The number of aliphatic hydroxyl groups excluding tert-OH is 2. The molecular formula is C19H27N3O11P2. The minimum atomic E-state index is -4.84. The molecule has 1 saturated heterocycles. The molecule has 1 aromatic carbocycles. The Bertz CT molecular complexity index is 1230. The number of aromatic nitrogens is 2. The van der Waals surface area contributed by atoms with Gasteiger partial charge in [0.05, 0.1) is 6.61 Å². The van der Waals surface area contributed by atoms with Gasteiger partial charge in [-0.05, 0) is 12.5 Å². The summed E-state index contributed by atoms with van der Waals surface area (Å²) in [6, 6.07) is 10.7. The molecule has 1 aromatic heterocycles. The molecule has 35 heavy (non-hydrogen) atoms. The van der Waals surface area contributed by atoms with E-state index in [2.05, 4.69) is 9.68 Å². The quantitative estimate of drug-likeness (QED) is 0.197. The van der Waals surface area contributed by atoms with Crippen LogP contribution in [0, 0.1) is 0 Å². The summed E-state index contributed by atoms with van der Waals surface area (Å²) in [7, 11) is -9.54. The zero-order valence-corrected chi connectivity index (χ0v) is 20.4. The second-order valence-corrected chi connectivity index (χ2v) is 11.7. The van der Waals surface area contributed by atoms with E-state index in [0.29, 0.717) is 0 Å². The number of benzene rings is 1. The lowest BCUT2D eigenvalue weighted by Gasteiger charge is -2.19. The largest absolute Gasteiger partial charge is 0.389 e. The monoisotopic (exact) mass is 535 g/mol. The lowest BCUT2D eigenvalue weighted by atomic mass is 10.1. The van der Waals surface area contributed by atoms with Crippen molar-refractivity contribution in [2.75, 3.05) is 12.5 Å². The fourth-order valence-electron chi connectivity index (χ4n) is 3.42. The molecule has 1 fully saturated rings. The first-order valence-electron chi connectivity index (χ1n) is 10.5. The molecule has 3 rings (SSSR count). The van der Waals surface area contributed by atoms with E-state index in [1.807, 2.05) is 30.3 Å². The van der Waals surface area contributed by atoms with E-state index in [0.717, 1.165) is 10.1 Å². The number of hydrogen-bond acceptors (Lipinski definition) is 9. The molecule has 0 bridgehead atoms. The Morgan fingerprint density at radius 3 is 2.40 bits per heavy atom. The maximum atomic E-state index is 13.0. The van der Waals surface area contributed by atoms with Gasteiger partial charge in [0.15, 0.2) is 17.6 Å². The predicted octanol–water partition coefficient (Wildman–Crippen LogP) is -0.341. The lowest BCUT2D eigenvalue weighted by molar-refractivity contribution is -0.0531. The van der Waals surface area contributed by atoms with Crippen LogP contribution in [0.4, 0.5) is 0 Å². The van der Waals surface area contributed by atoms with Crippen LogP contribution in [0.1, 0.15) is 18.7 Å². The van der Waals surface area contributed by atoms with Crippen LogP contribution >= 0.6 is 15.2 Å². The molecule has 0 radical (unpaired) electrons.